The quantitative estimate of drug-likeness (QED) is 0.777. The van der Waals surface area contributed by atoms with Gasteiger partial charge >= 0.3 is 0 Å². The molecule has 7 heteroatoms. The highest BCUT2D eigenvalue weighted by atomic mass is 35.5. The molecule has 0 aromatic heterocycles. The van der Waals surface area contributed by atoms with Crippen molar-refractivity contribution in [2.45, 2.75) is 0 Å². The summed E-state index contributed by atoms with van der Waals surface area (Å²) in [4.78, 5) is 26.7. The third-order valence-corrected chi connectivity index (χ3v) is 3.89. The van der Waals surface area contributed by atoms with Crippen LogP contribution in [0.15, 0.2) is 24.3 Å². The molecule has 0 aliphatic carbocycles. The summed E-state index contributed by atoms with van der Waals surface area (Å²) in [5, 5.41) is 3.18. The fourth-order valence-electron chi connectivity index (χ4n) is 2.24. The fourth-order valence-corrected chi connectivity index (χ4v) is 2.42. The Labute approximate surface area is 135 Å². The molecule has 0 saturated carbocycles. The number of rotatable bonds is 5. The standard InChI is InChI=1S/C15H20ClN3O3/c1-18(15(21)11-19-6-8-22-9-7-19)10-14(20)17-13-5-3-2-4-12(13)16/h2-5H,6-11H2,1H3,(H,17,20)/p+1. The van der Waals surface area contributed by atoms with Gasteiger partial charge in [-0.15, -0.1) is 0 Å². The predicted octanol–water partition coefficient (Wildman–Crippen LogP) is -0.348. The third-order valence-electron chi connectivity index (χ3n) is 3.56. The molecule has 2 amide bonds. The second-order valence-electron chi connectivity index (χ2n) is 5.32. The number of quaternary nitrogens is 1. The summed E-state index contributed by atoms with van der Waals surface area (Å²) in [5.74, 6) is -0.313. The van der Waals surface area contributed by atoms with E-state index in [2.05, 4.69) is 5.32 Å². The van der Waals surface area contributed by atoms with Crippen LogP contribution in [0.5, 0.6) is 0 Å². The van der Waals surface area contributed by atoms with E-state index in [0.717, 1.165) is 13.1 Å². The van der Waals surface area contributed by atoms with Crippen LogP contribution in [0.3, 0.4) is 0 Å². The van der Waals surface area contributed by atoms with E-state index in [1.54, 1.807) is 31.3 Å². The maximum atomic E-state index is 12.1. The smallest absolute Gasteiger partial charge is 0.277 e. The summed E-state index contributed by atoms with van der Waals surface area (Å²) >= 11 is 5.99. The first-order valence-corrected chi connectivity index (χ1v) is 7.63. The summed E-state index contributed by atoms with van der Waals surface area (Å²) in [5.41, 5.74) is 0.550. The fraction of sp³-hybridized carbons (Fsp3) is 0.467. The van der Waals surface area contributed by atoms with Crippen LogP contribution >= 0.6 is 11.6 Å². The number of morpholine rings is 1. The lowest BCUT2D eigenvalue weighted by molar-refractivity contribution is -0.900. The van der Waals surface area contributed by atoms with Crippen LogP contribution in [0.25, 0.3) is 0 Å². The number of amides is 2. The zero-order valence-electron chi connectivity index (χ0n) is 12.6. The van der Waals surface area contributed by atoms with E-state index in [0.29, 0.717) is 30.5 Å². The Kier molecular flexibility index (Phi) is 6.18. The van der Waals surface area contributed by atoms with Gasteiger partial charge in [0.05, 0.1) is 30.5 Å². The molecule has 0 unspecified atom stereocenters. The SMILES string of the molecule is CN(CC(=O)Nc1ccccc1Cl)C(=O)C[NH+]1CCOCC1. The lowest BCUT2D eigenvalue weighted by Crippen LogP contribution is -3.15. The van der Waals surface area contributed by atoms with Crippen LogP contribution in [0.2, 0.25) is 5.02 Å². The predicted molar refractivity (Wildman–Crippen MR) is 84.1 cm³/mol. The molecule has 0 bridgehead atoms. The Morgan fingerprint density at radius 3 is 2.68 bits per heavy atom. The van der Waals surface area contributed by atoms with E-state index in [9.17, 15) is 9.59 Å². The van der Waals surface area contributed by atoms with Gasteiger partial charge in [-0.25, -0.2) is 0 Å². The van der Waals surface area contributed by atoms with Crippen molar-refractivity contribution in [3.8, 4) is 0 Å². The molecule has 22 heavy (non-hydrogen) atoms. The molecule has 1 aromatic carbocycles. The van der Waals surface area contributed by atoms with Crippen molar-refractivity contribution in [3.05, 3.63) is 29.3 Å². The van der Waals surface area contributed by atoms with E-state index in [1.807, 2.05) is 0 Å². The highest BCUT2D eigenvalue weighted by Gasteiger charge is 2.21. The number of para-hydroxylation sites is 1. The average molecular weight is 327 g/mol. The van der Waals surface area contributed by atoms with Crippen molar-refractivity contribution in [1.82, 2.24) is 4.90 Å². The van der Waals surface area contributed by atoms with Crippen LogP contribution in [0, 0.1) is 0 Å². The van der Waals surface area contributed by atoms with Gasteiger partial charge in [0.1, 0.15) is 13.1 Å². The normalized spacial score (nSPS) is 15.4. The van der Waals surface area contributed by atoms with Gasteiger partial charge in [-0.05, 0) is 12.1 Å². The van der Waals surface area contributed by atoms with Crippen molar-refractivity contribution >= 4 is 29.1 Å². The molecule has 0 spiro atoms. The molecule has 2 rings (SSSR count). The Morgan fingerprint density at radius 1 is 1.32 bits per heavy atom. The number of carbonyl (C=O) groups is 2. The molecule has 1 aliphatic heterocycles. The third kappa shape index (κ3) is 4.98. The summed E-state index contributed by atoms with van der Waals surface area (Å²) in [6, 6.07) is 7.00. The van der Waals surface area contributed by atoms with Crippen molar-refractivity contribution in [3.63, 3.8) is 0 Å². The topological polar surface area (TPSA) is 63.1 Å². The van der Waals surface area contributed by atoms with Gasteiger partial charge in [0.2, 0.25) is 5.91 Å². The van der Waals surface area contributed by atoms with Crippen molar-refractivity contribution in [1.29, 1.82) is 0 Å². The first-order chi connectivity index (χ1) is 10.6. The van der Waals surface area contributed by atoms with E-state index in [4.69, 9.17) is 16.3 Å². The van der Waals surface area contributed by atoms with E-state index < -0.39 is 0 Å². The molecular formula is C15H21ClN3O3+. The summed E-state index contributed by atoms with van der Waals surface area (Å²) in [7, 11) is 1.63. The number of halogens is 1. The summed E-state index contributed by atoms with van der Waals surface area (Å²) < 4.78 is 5.26. The van der Waals surface area contributed by atoms with Crippen molar-refractivity contribution < 1.29 is 19.2 Å². The van der Waals surface area contributed by atoms with Gasteiger partial charge in [-0.2, -0.15) is 0 Å². The molecule has 1 fully saturated rings. The first kappa shape index (κ1) is 16.7. The van der Waals surface area contributed by atoms with E-state index in [1.165, 1.54) is 9.80 Å². The molecule has 1 aromatic rings. The van der Waals surface area contributed by atoms with Gasteiger partial charge < -0.3 is 19.9 Å². The number of ether oxygens (including phenoxy) is 1. The van der Waals surface area contributed by atoms with Crippen molar-refractivity contribution in [2.24, 2.45) is 0 Å². The number of likely N-dealkylation sites (N-methyl/N-ethyl adjacent to an activating group) is 1. The molecular weight excluding hydrogens is 306 g/mol. The number of hydrogen-bond donors (Lipinski definition) is 2. The lowest BCUT2D eigenvalue weighted by Gasteiger charge is -2.25. The maximum absolute atomic E-state index is 12.1. The van der Waals surface area contributed by atoms with Gasteiger partial charge in [0, 0.05) is 7.05 Å². The van der Waals surface area contributed by atoms with Crippen LogP contribution in [0.1, 0.15) is 0 Å². The first-order valence-electron chi connectivity index (χ1n) is 7.26. The van der Waals surface area contributed by atoms with Gasteiger partial charge in [-0.3, -0.25) is 9.59 Å². The average Bonchev–Trinajstić information content (AvgIpc) is 2.50. The minimum absolute atomic E-state index is 0.00777. The zero-order chi connectivity index (χ0) is 15.9. The molecule has 2 N–H and O–H groups in total. The largest absolute Gasteiger partial charge is 0.370 e. The molecule has 120 valence electrons. The van der Waals surface area contributed by atoms with Gasteiger partial charge in [0.15, 0.2) is 6.54 Å². The monoisotopic (exact) mass is 326 g/mol. The van der Waals surface area contributed by atoms with Gasteiger partial charge in [0.25, 0.3) is 5.91 Å². The Hall–Kier alpha value is -1.63. The van der Waals surface area contributed by atoms with Crippen LogP contribution in [-0.4, -0.2) is 63.2 Å². The molecule has 1 aliphatic rings. The van der Waals surface area contributed by atoms with E-state index in [-0.39, 0.29) is 18.4 Å². The minimum atomic E-state index is -0.263. The second kappa shape index (κ2) is 8.12. The highest BCUT2D eigenvalue weighted by Crippen LogP contribution is 2.20. The minimum Gasteiger partial charge on any atom is -0.370 e. The number of nitrogens with zero attached hydrogens (tertiary/aromatic N) is 1. The molecule has 1 heterocycles. The lowest BCUT2D eigenvalue weighted by atomic mass is 10.3. The maximum Gasteiger partial charge on any atom is 0.277 e. The van der Waals surface area contributed by atoms with Crippen LogP contribution < -0.4 is 10.2 Å². The number of benzene rings is 1. The van der Waals surface area contributed by atoms with Crippen molar-refractivity contribution in [2.75, 3.05) is 51.8 Å². The highest BCUT2D eigenvalue weighted by molar-refractivity contribution is 6.33. The Morgan fingerprint density at radius 2 is 2.00 bits per heavy atom. The number of carbonyl (C=O) groups excluding carboxylic acids is 2. The molecule has 6 nitrogen and oxygen atoms in total. The number of anilines is 1. The van der Waals surface area contributed by atoms with Gasteiger partial charge in [-0.1, -0.05) is 23.7 Å². The molecule has 0 atom stereocenters. The second-order valence-corrected chi connectivity index (χ2v) is 5.72. The zero-order valence-corrected chi connectivity index (χ0v) is 13.4. The molecule has 1 saturated heterocycles. The number of hydrogen-bond acceptors (Lipinski definition) is 3. The number of nitrogens with one attached hydrogen (secondary N) is 2. The Balaban J connectivity index is 1.80. The Bertz CT molecular complexity index is 533. The summed E-state index contributed by atoms with van der Waals surface area (Å²) in [6.45, 7) is 3.41. The molecule has 0 radical (unpaired) electrons. The van der Waals surface area contributed by atoms with Crippen LogP contribution in [0.4, 0.5) is 5.69 Å². The van der Waals surface area contributed by atoms with E-state index >= 15 is 0 Å². The summed E-state index contributed by atoms with van der Waals surface area (Å²) in [6.07, 6.45) is 0. The van der Waals surface area contributed by atoms with Crippen LogP contribution in [-0.2, 0) is 14.3 Å².